The van der Waals surface area contributed by atoms with E-state index in [9.17, 15) is 9.59 Å². The third-order valence-electron chi connectivity index (χ3n) is 9.47. The van der Waals surface area contributed by atoms with E-state index in [2.05, 4.69) is 99.1 Å². The minimum Gasteiger partial charge on any atom is -0.382 e. The highest BCUT2D eigenvalue weighted by molar-refractivity contribution is 5.99. The van der Waals surface area contributed by atoms with Crippen LogP contribution in [-0.4, -0.2) is 61.9 Å². The van der Waals surface area contributed by atoms with Crippen molar-refractivity contribution in [1.82, 2.24) is 4.90 Å². The van der Waals surface area contributed by atoms with Gasteiger partial charge >= 0.3 is 0 Å². The Morgan fingerprint density at radius 3 is 2.30 bits per heavy atom. The molecule has 0 bridgehead atoms. The first-order chi connectivity index (χ1) is 20.7. The maximum atomic E-state index is 14.2. The van der Waals surface area contributed by atoms with Crippen molar-refractivity contribution >= 4 is 29.3 Å². The molecule has 2 heterocycles. The molecule has 0 spiro atoms. The molecule has 2 aliphatic heterocycles. The second-order valence-corrected chi connectivity index (χ2v) is 12.6. The molecule has 0 aliphatic carbocycles. The molecule has 0 radical (unpaired) electrons. The Morgan fingerprint density at radius 2 is 1.63 bits per heavy atom. The van der Waals surface area contributed by atoms with Crippen LogP contribution in [0.15, 0.2) is 48.5 Å². The number of carbonyl (C=O) groups excluding carboxylic acids is 2. The maximum absolute atomic E-state index is 14.2. The summed E-state index contributed by atoms with van der Waals surface area (Å²) in [5.41, 5.74) is 10.8. The van der Waals surface area contributed by atoms with E-state index in [1.54, 1.807) is 0 Å². The molecule has 43 heavy (non-hydrogen) atoms. The van der Waals surface area contributed by atoms with Crippen LogP contribution >= 0.6 is 0 Å². The molecular formula is C37H48N4O2. The van der Waals surface area contributed by atoms with Crippen LogP contribution in [0.4, 0.5) is 17.1 Å². The lowest BCUT2D eigenvalue weighted by molar-refractivity contribution is 0.0672. The van der Waals surface area contributed by atoms with Gasteiger partial charge in [0.2, 0.25) is 0 Å². The summed E-state index contributed by atoms with van der Waals surface area (Å²) in [5, 5.41) is 3.86. The van der Waals surface area contributed by atoms with Gasteiger partial charge in [0.25, 0.3) is 5.91 Å². The van der Waals surface area contributed by atoms with E-state index in [0.717, 1.165) is 78.7 Å². The largest absolute Gasteiger partial charge is 0.382 e. The van der Waals surface area contributed by atoms with E-state index in [4.69, 9.17) is 0 Å². The fraction of sp³-hybridized carbons (Fsp3) is 0.459. The Kier molecular flexibility index (Phi) is 9.43. The van der Waals surface area contributed by atoms with Gasteiger partial charge in [-0.3, -0.25) is 9.59 Å². The monoisotopic (exact) mass is 580 g/mol. The molecule has 1 atom stereocenters. The number of para-hydroxylation sites is 1. The topological polar surface area (TPSA) is 55.9 Å². The summed E-state index contributed by atoms with van der Waals surface area (Å²) in [7, 11) is 0. The minimum atomic E-state index is 0.0258. The summed E-state index contributed by atoms with van der Waals surface area (Å²) in [6.07, 6.45) is 5.13. The number of benzene rings is 3. The van der Waals surface area contributed by atoms with Gasteiger partial charge in [0.15, 0.2) is 6.29 Å². The normalized spacial score (nSPS) is 17.7. The summed E-state index contributed by atoms with van der Waals surface area (Å²) in [6.45, 7) is 16.9. The molecule has 0 saturated carbocycles. The van der Waals surface area contributed by atoms with Gasteiger partial charge in [-0.15, -0.1) is 0 Å². The van der Waals surface area contributed by atoms with Crippen molar-refractivity contribution in [1.29, 1.82) is 0 Å². The molecule has 3 aromatic rings. The van der Waals surface area contributed by atoms with E-state index in [-0.39, 0.29) is 11.9 Å². The van der Waals surface area contributed by atoms with Crippen molar-refractivity contribution in [3.8, 4) is 0 Å². The molecule has 1 N–H and O–H groups in total. The van der Waals surface area contributed by atoms with Crippen molar-refractivity contribution < 1.29 is 9.59 Å². The second-order valence-electron chi connectivity index (χ2n) is 12.6. The van der Waals surface area contributed by atoms with Gasteiger partial charge in [-0.2, -0.15) is 0 Å². The van der Waals surface area contributed by atoms with Crippen molar-refractivity contribution in [2.45, 2.75) is 79.3 Å². The molecule has 0 unspecified atom stereocenters. The zero-order valence-electron chi connectivity index (χ0n) is 26.9. The third-order valence-corrected chi connectivity index (χ3v) is 9.47. The lowest BCUT2D eigenvalue weighted by Gasteiger charge is -2.42. The van der Waals surface area contributed by atoms with E-state index >= 15 is 0 Å². The van der Waals surface area contributed by atoms with Gasteiger partial charge in [0.1, 0.15) is 0 Å². The summed E-state index contributed by atoms with van der Waals surface area (Å²) in [6, 6.07) is 17.4. The number of hydrogen-bond donors (Lipinski definition) is 1. The number of hydrogen-bond acceptors (Lipinski definition) is 5. The van der Waals surface area contributed by atoms with E-state index in [0.29, 0.717) is 25.7 Å². The number of nitrogens with zero attached hydrogens (tertiary/aromatic N) is 3. The van der Waals surface area contributed by atoms with Gasteiger partial charge in [-0.1, -0.05) is 43.7 Å². The number of anilines is 3. The molecule has 2 aliphatic rings. The van der Waals surface area contributed by atoms with Crippen molar-refractivity contribution in [3.05, 3.63) is 87.5 Å². The highest BCUT2D eigenvalue weighted by atomic mass is 16.2. The lowest BCUT2D eigenvalue weighted by atomic mass is 9.94. The minimum absolute atomic E-state index is 0.0258. The summed E-state index contributed by atoms with van der Waals surface area (Å²) in [4.78, 5) is 32.8. The van der Waals surface area contributed by atoms with Crippen LogP contribution in [-0.2, 0) is 6.42 Å². The summed E-state index contributed by atoms with van der Waals surface area (Å²) >= 11 is 0. The zero-order valence-corrected chi connectivity index (χ0v) is 26.9. The van der Waals surface area contributed by atoms with Crippen LogP contribution in [0.3, 0.4) is 0 Å². The average Bonchev–Trinajstić information content (AvgIpc) is 3.00. The van der Waals surface area contributed by atoms with E-state index < -0.39 is 0 Å². The van der Waals surface area contributed by atoms with Crippen LogP contribution < -0.4 is 15.1 Å². The number of aryl methyl sites for hydroxylation is 4. The molecule has 228 valence electrons. The molecule has 2 fully saturated rings. The van der Waals surface area contributed by atoms with Crippen LogP contribution in [0.25, 0.3) is 0 Å². The number of rotatable bonds is 8. The average molecular weight is 581 g/mol. The van der Waals surface area contributed by atoms with E-state index in [1.165, 1.54) is 22.4 Å². The van der Waals surface area contributed by atoms with Crippen molar-refractivity contribution in [2.75, 3.05) is 47.8 Å². The molecule has 1 amide bonds. The molecule has 3 aromatic carbocycles. The highest BCUT2D eigenvalue weighted by Gasteiger charge is 2.32. The van der Waals surface area contributed by atoms with Gasteiger partial charge in [-0.05, 0) is 99.9 Å². The fourth-order valence-electron chi connectivity index (χ4n) is 7.15. The third kappa shape index (κ3) is 6.43. The number of piperidine rings is 1. The fourth-order valence-corrected chi connectivity index (χ4v) is 7.15. The Hall–Kier alpha value is -3.80. The van der Waals surface area contributed by atoms with Gasteiger partial charge in [0, 0.05) is 73.0 Å². The number of amides is 1. The SMILES string of the molecule is CCCc1ccc(C=O)c(N2CCN(C(=O)c3c(C)cc(C)c(NC4CCN(c5ccccc5C)CC4)c3C)[C@@H](C)C2)c1. The van der Waals surface area contributed by atoms with Crippen LogP contribution in [0.1, 0.15) is 81.6 Å². The maximum Gasteiger partial charge on any atom is 0.254 e. The Morgan fingerprint density at radius 1 is 0.884 bits per heavy atom. The van der Waals surface area contributed by atoms with Crippen LogP contribution in [0.5, 0.6) is 0 Å². The predicted molar refractivity (Wildman–Crippen MR) is 179 cm³/mol. The first-order valence-corrected chi connectivity index (χ1v) is 16.0. The predicted octanol–water partition coefficient (Wildman–Crippen LogP) is 7.12. The number of carbonyl (C=O) groups is 2. The molecule has 6 heteroatoms. The van der Waals surface area contributed by atoms with Crippen LogP contribution in [0.2, 0.25) is 0 Å². The van der Waals surface area contributed by atoms with Crippen molar-refractivity contribution in [2.24, 2.45) is 0 Å². The molecule has 6 nitrogen and oxygen atoms in total. The number of nitrogens with one attached hydrogen (secondary N) is 1. The van der Waals surface area contributed by atoms with E-state index in [1.807, 2.05) is 11.0 Å². The number of piperazine rings is 1. The first-order valence-electron chi connectivity index (χ1n) is 16.0. The smallest absolute Gasteiger partial charge is 0.254 e. The Labute approximate surface area is 258 Å². The summed E-state index contributed by atoms with van der Waals surface area (Å²) < 4.78 is 0. The molecule has 0 aromatic heterocycles. The molecule has 5 rings (SSSR count). The Balaban J connectivity index is 1.30. The standard InChI is InChI=1S/C37H48N4O2/c1-7-10-30-13-14-31(24-42)34(22-30)40-19-20-41(28(5)23-40)37(43)35-26(3)21-27(4)36(29(35)6)38-32-15-17-39(18-16-32)33-12-9-8-11-25(33)2/h8-9,11-14,21-22,24,28,32,38H,7,10,15-20,23H2,1-6H3/t28-/m0/s1. The van der Waals surface area contributed by atoms with Gasteiger partial charge < -0.3 is 20.0 Å². The lowest BCUT2D eigenvalue weighted by Crippen LogP contribution is -2.54. The zero-order chi connectivity index (χ0) is 30.7. The van der Waals surface area contributed by atoms with Gasteiger partial charge in [0.05, 0.1) is 0 Å². The highest BCUT2D eigenvalue weighted by Crippen LogP contribution is 2.32. The Bertz CT molecular complexity index is 1470. The second kappa shape index (κ2) is 13.2. The van der Waals surface area contributed by atoms with Crippen LogP contribution in [0, 0.1) is 27.7 Å². The quantitative estimate of drug-likeness (QED) is 0.288. The molecule has 2 saturated heterocycles. The number of aldehydes is 1. The molecular weight excluding hydrogens is 532 g/mol. The first kappa shape index (κ1) is 30.7. The van der Waals surface area contributed by atoms with Gasteiger partial charge in [-0.25, -0.2) is 0 Å². The summed E-state index contributed by atoms with van der Waals surface area (Å²) in [5.74, 6) is 0.106. The van der Waals surface area contributed by atoms with Crippen molar-refractivity contribution in [3.63, 3.8) is 0 Å².